The maximum Gasteiger partial charge on any atom is 0.309 e. The summed E-state index contributed by atoms with van der Waals surface area (Å²) in [5.41, 5.74) is 1.52. The Morgan fingerprint density at radius 1 is 0.898 bits per heavy atom. The Labute approximate surface area is 290 Å². The molecule has 6 rings (SSSR count). The second-order valence-electron chi connectivity index (χ2n) is 13.3. The summed E-state index contributed by atoms with van der Waals surface area (Å²) in [6.07, 6.45) is 4.97. The third kappa shape index (κ3) is 7.99. The van der Waals surface area contributed by atoms with Crippen LogP contribution >= 0.6 is 11.6 Å². The lowest BCUT2D eigenvalue weighted by atomic mass is 9.70. The first kappa shape index (κ1) is 34.2. The number of halogens is 2. The minimum atomic E-state index is -0.680. The van der Waals surface area contributed by atoms with Gasteiger partial charge in [-0.3, -0.25) is 14.4 Å². The molecule has 0 aromatic heterocycles. The Kier molecular flexibility index (Phi) is 10.4. The van der Waals surface area contributed by atoms with Crippen molar-refractivity contribution < 1.29 is 33.0 Å². The highest BCUT2D eigenvalue weighted by molar-refractivity contribution is 6.31. The van der Waals surface area contributed by atoms with Crippen LogP contribution in [0.2, 0.25) is 5.02 Å². The molecule has 0 spiro atoms. The molecule has 0 radical (unpaired) electrons. The monoisotopic (exact) mass is 686 g/mol. The molecule has 0 aliphatic heterocycles. The predicted molar refractivity (Wildman–Crippen MR) is 187 cm³/mol. The van der Waals surface area contributed by atoms with E-state index in [0.717, 1.165) is 41.7 Å². The van der Waals surface area contributed by atoms with Gasteiger partial charge in [0.1, 0.15) is 12.4 Å². The van der Waals surface area contributed by atoms with Crippen LogP contribution in [0, 0.1) is 17.2 Å². The average Bonchev–Trinajstić information content (AvgIpc) is 3.10. The highest BCUT2D eigenvalue weighted by Crippen LogP contribution is 2.39. The zero-order valence-corrected chi connectivity index (χ0v) is 28.4. The van der Waals surface area contributed by atoms with Crippen LogP contribution in [-0.4, -0.2) is 37.5 Å². The molecular weight excluding hydrogens is 647 g/mol. The molecule has 49 heavy (non-hydrogen) atoms. The molecule has 0 bridgehead atoms. The van der Waals surface area contributed by atoms with Crippen LogP contribution in [0.3, 0.4) is 0 Å². The van der Waals surface area contributed by atoms with Gasteiger partial charge in [-0.25, -0.2) is 4.39 Å². The van der Waals surface area contributed by atoms with Crippen molar-refractivity contribution in [3.8, 4) is 11.5 Å². The lowest BCUT2D eigenvalue weighted by Crippen LogP contribution is -2.40. The molecule has 2 amide bonds. The summed E-state index contributed by atoms with van der Waals surface area (Å²) in [6.45, 7) is 2.85. The maximum absolute atomic E-state index is 15.2. The van der Waals surface area contributed by atoms with Gasteiger partial charge >= 0.3 is 5.97 Å². The molecule has 8 nitrogen and oxygen atoms in total. The fourth-order valence-electron chi connectivity index (χ4n) is 6.60. The van der Waals surface area contributed by atoms with E-state index in [4.69, 9.17) is 25.8 Å². The van der Waals surface area contributed by atoms with Crippen molar-refractivity contribution in [2.24, 2.45) is 11.3 Å². The zero-order valence-electron chi connectivity index (χ0n) is 27.7. The number of nitrogens with one attached hydrogen (secondary N) is 2. The number of anilines is 1. The van der Waals surface area contributed by atoms with Gasteiger partial charge in [0, 0.05) is 17.6 Å². The molecule has 4 aromatic rings. The lowest BCUT2D eigenvalue weighted by Gasteiger charge is -2.38. The van der Waals surface area contributed by atoms with Gasteiger partial charge in [-0.1, -0.05) is 67.4 Å². The number of fused-ring (bicyclic) bond motifs is 1. The Morgan fingerprint density at radius 2 is 1.65 bits per heavy atom. The first-order chi connectivity index (χ1) is 23.6. The number of benzene rings is 4. The van der Waals surface area contributed by atoms with Crippen molar-refractivity contribution in [1.29, 1.82) is 0 Å². The summed E-state index contributed by atoms with van der Waals surface area (Å²) < 4.78 is 32.3. The molecule has 2 N–H and O–H groups in total. The van der Waals surface area contributed by atoms with E-state index >= 15 is 4.39 Å². The Balaban J connectivity index is 1.08. The summed E-state index contributed by atoms with van der Waals surface area (Å²) in [7, 11) is 1.34. The van der Waals surface area contributed by atoms with Crippen LogP contribution in [0.15, 0.2) is 72.8 Å². The smallest absolute Gasteiger partial charge is 0.309 e. The minimum Gasteiger partial charge on any atom is -0.496 e. The number of hydrogen-bond acceptors (Lipinski definition) is 6. The van der Waals surface area contributed by atoms with Gasteiger partial charge in [0.2, 0.25) is 0 Å². The first-order valence-electron chi connectivity index (χ1n) is 16.7. The zero-order chi connectivity index (χ0) is 34.5. The van der Waals surface area contributed by atoms with Crippen molar-refractivity contribution in [3.63, 3.8) is 0 Å². The van der Waals surface area contributed by atoms with E-state index in [2.05, 4.69) is 17.6 Å². The van der Waals surface area contributed by atoms with E-state index in [-0.39, 0.29) is 64.2 Å². The molecule has 2 saturated carbocycles. The summed E-state index contributed by atoms with van der Waals surface area (Å²) in [5.74, 6) is -2.27. The molecule has 0 saturated heterocycles. The Morgan fingerprint density at radius 3 is 2.39 bits per heavy atom. The number of rotatable bonds is 11. The van der Waals surface area contributed by atoms with Gasteiger partial charge in [0.15, 0.2) is 11.6 Å². The van der Waals surface area contributed by atoms with Gasteiger partial charge in [-0.05, 0) is 84.5 Å². The largest absolute Gasteiger partial charge is 0.496 e. The van der Waals surface area contributed by atoms with Crippen molar-refractivity contribution in [1.82, 2.24) is 5.32 Å². The highest BCUT2D eigenvalue weighted by Gasteiger charge is 2.33. The number of amides is 2. The third-order valence-corrected chi connectivity index (χ3v) is 10.00. The molecule has 2 aliphatic rings. The molecule has 10 heteroatoms. The Hall–Kier alpha value is -4.63. The lowest BCUT2D eigenvalue weighted by molar-refractivity contribution is -0.151. The first-order valence-corrected chi connectivity index (χ1v) is 17.1. The topological polar surface area (TPSA) is 103 Å². The standard InChI is InChI=1S/C39H40ClFN2O6/c1-39(17-6-18-39)23-42-36(44)30-19-27(40)13-16-33(30)43-37(45)31-20-35(32(41)21-34(31)47-2)49-28-14-11-25(12-15-28)38(46)48-22-26-9-5-8-24-7-3-4-10-29(24)26/h3-5,7-10,13,16,19-21,25,28H,6,11-12,14-15,17-18,22-23H2,1-2H3,(H,42,44)(H,43,45). The average molecular weight is 687 g/mol. The molecule has 0 unspecified atom stereocenters. The second kappa shape index (κ2) is 14.9. The second-order valence-corrected chi connectivity index (χ2v) is 13.7. The van der Waals surface area contributed by atoms with Gasteiger partial charge in [-0.2, -0.15) is 0 Å². The van der Waals surface area contributed by atoms with E-state index in [1.54, 1.807) is 12.1 Å². The molecule has 0 atom stereocenters. The molecule has 256 valence electrons. The quantitative estimate of drug-likeness (QED) is 0.153. The predicted octanol–water partition coefficient (Wildman–Crippen LogP) is 8.49. The number of carbonyl (C=O) groups excluding carboxylic acids is 3. The fraction of sp³-hybridized carbons (Fsp3) is 0.359. The van der Waals surface area contributed by atoms with Crippen molar-refractivity contribution in [3.05, 3.63) is 100 Å². The van der Waals surface area contributed by atoms with Crippen LogP contribution in [-0.2, 0) is 16.1 Å². The Bertz CT molecular complexity index is 1860. The van der Waals surface area contributed by atoms with Crippen molar-refractivity contribution >= 4 is 45.8 Å². The van der Waals surface area contributed by atoms with Gasteiger partial charge in [0.05, 0.1) is 35.9 Å². The number of methoxy groups -OCH3 is 1. The van der Waals surface area contributed by atoms with Gasteiger partial charge in [0.25, 0.3) is 11.8 Å². The summed E-state index contributed by atoms with van der Waals surface area (Å²) in [4.78, 5) is 39.6. The highest BCUT2D eigenvalue weighted by atomic mass is 35.5. The van der Waals surface area contributed by atoms with E-state index in [1.165, 1.54) is 19.2 Å². The van der Waals surface area contributed by atoms with Crippen LogP contribution in [0.5, 0.6) is 11.5 Å². The number of ether oxygens (including phenoxy) is 3. The van der Waals surface area contributed by atoms with Gasteiger partial charge in [-0.15, -0.1) is 0 Å². The number of esters is 1. The van der Waals surface area contributed by atoms with E-state index in [0.29, 0.717) is 37.3 Å². The van der Waals surface area contributed by atoms with Crippen LogP contribution < -0.4 is 20.1 Å². The molecular formula is C39H40ClFN2O6. The fourth-order valence-corrected chi connectivity index (χ4v) is 6.77. The normalized spacial score (nSPS) is 18.2. The van der Waals surface area contributed by atoms with E-state index in [9.17, 15) is 14.4 Å². The van der Waals surface area contributed by atoms with E-state index < -0.39 is 11.7 Å². The van der Waals surface area contributed by atoms with E-state index in [1.807, 2.05) is 42.5 Å². The number of hydrogen-bond donors (Lipinski definition) is 2. The summed E-state index contributed by atoms with van der Waals surface area (Å²) >= 11 is 6.21. The SMILES string of the molecule is COc1cc(F)c(OC2CCC(C(=O)OCc3cccc4ccccc34)CC2)cc1C(=O)Nc1ccc(Cl)cc1C(=O)NCC1(C)CCC1. The summed E-state index contributed by atoms with van der Waals surface area (Å²) in [6, 6.07) is 21.0. The number of carbonyl (C=O) groups is 3. The molecule has 4 aromatic carbocycles. The maximum atomic E-state index is 15.2. The minimum absolute atomic E-state index is 0.0119. The molecule has 0 heterocycles. The van der Waals surface area contributed by atoms with Gasteiger partial charge < -0.3 is 24.8 Å². The van der Waals surface area contributed by atoms with Crippen molar-refractivity contribution in [2.45, 2.75) is 64.6 Å². The third-order valence-electron chi connectivity index (χ3n) is 9.76. The van der Waals surface area contributed by atoms with Crippen LogP contribution in [0.4, 0.5) is 10.1 Å². The summed E-state index contributed by atoms with van der Waals surface area (Å²) in [5, 5.41) is 8.22. The van der Waals surface area contributed by atoms with Crippen LogP contribution in [0.25, 0.3) is 10.8 Å². The molecule has 2 aliphatic carbocycles. The molecule has 2 fully saturated rings. The van der Waals surface area contributed by atoms with Crippen LogP contribution in [0.1, 0.15) is 78.1 Å². The van der Waals surface area contributed by atoms with Crippen molar-refractivity contribution in [2.75, 3.05) is 19.0 Å².